The molecule has 4 nitrogen and oxygen atoms in total. The van der Waals surface area contributed by atoms with Crippen molar-refractivity contribution in [3.05, 3.63) is 0 Å². The first-order valence-electron chi connectivity index (χ1n) is 20.1. The van der Waals surface area contributed by atoms with Crippen LogP contribution in [0.1, 0.15) is 184 Å². The van der Waals surface area contributed by atoms with E-state index in [9.17, 15) is 5.11 Å². The largest absolute Gasteiger partial charge is 0.417 e. The Morgan fingerprint density at radius 3 is 1.17 bits per heavy atom. The van der Waals surface area contributed by atoms with Gasteiger partial charge in [0.25, 0.3) is 0 Å². The van der Waals surface area contributed by atoms with Crippen LogP contribution in [0.2, 0.25) is 36.3 Å². The molecule has 1 N–H and O–H groups in total. The highest BCUT2D eigenvalue weighted by molar-refractivity contribution is 6.74. The van der Waals surface area contributed by atoms with E-state index in [1.54, 1.807) is 0 Å². The van der Waals surface area contributed by atoms with Crippen molar-refractivity contribution < 1.29 is 14.0 Å². The Balaban J connectivity index is 4.51. The summed E-state index contributed by atoms with van der Waals surface area (Å²) in [6, 6.07) is 0. The smallest absolute Gasteiger partial charge is 0.191 e. The average molecular weight is 686 g/mol. The van der Waals surface area contributed by atoms with Crippen molar-refractivity contribution in [2.24, 2.45) is 0 Å². The molecule has 0 heterocycles. The minimum absolute atomic E-state index is 0.299. The van der Waals surface area contributed by atoms with E-state index in [0.717, 1.165) is 38.9 Å². The van der Waals surface area contributed by atoms with Gasteiger partial charge >= 0.3 is 0 Å². The van der Waals surface area contributed by atoms with Crippen molar-refractivity contribution in [2.45, 2.75) is 226 Å². The highest BCUT2D eigenvalue weighted by atomic mass is 28.4. The average Bonchev–Trinajstić information content (AvgIpc) is 2.95. The van der Waals surface area contributed by atoms with Crippen LogP contribution in [0.3, 0.4) is 0 Å². The van der Waals surface area contributed by atoms with Crippen LogP contribution in [-0.4, -0.2) is 65.1 Å². The molecule has 0 aromatic carbocycles. The van der Waals surface area contributed by atoms with Gasteiger partial charge in [0.05, 0.1) is 5.60 Å². The van der Waals surface area contributed by atoms with Crippen LogP contribution in [0.25, 0.3) is 0 Å². The second-order valence-corrected chi connectivity index (χ2v) is 27.5. The maximum absolute atomic E-state index is 11.8. The normalized spacial score (nSPS) is 13.7. The van der Waals surface area contributed by atoms with Crippen molar-refractivity contribution in [3.8, 4) is 0 Å². The van der Waals surface area contributed by atoms with E-state index in [0.29, 0.717) is 10.1 Å². The molecule has 0 fully saturated rings. The van der Waals surface area contributed by atoms with Gasteiger partial charge in [-0.3, -0.25) is 0 Å². The summed E-state index contributed by atoms with van der Waals surface area (Å²) in [5.74, 6) is 0. The first-order valence-corrected chi connectivity index (χ1v) is 25.9. The molecule has 0 aliphatic heterocycles. The molecule has 0 aromatic rings. The van der Waals surface area contributed by atoms with Gasteiger partial charge < -0.3 is 18.9 Å². The van der Waals surface area contributed by atoms with Crippen LogP contribution >= 0.6 is 0 Å². The molecule has 0 saturated carbocycles. The molecular weight excluding hydrogens is 599 g/mol. The molecule has 0 saturated heterocycles. The Hall–Kier alpha value is 0.274. The number of hydrogen-bond donors (Lipinski definition) is 1. The second kappa shape index (κ2) is 24.4. The summed E-state index contributed by atoms with van der Waals surface area (Å²) in [5.41, 5.74) is -0.465. The lowest BCUT2D eigenvalue weighted by Gasteiger charge is -2.36. The number of rotatable bonds is 30. The van der Waals surface area contributed by atoms with Crippen LogP contribution in [-0.2, 0) is 8.85 Å². The maximum atomic E-state index is 11.8. The Bertz CT molecular complexity index is 670. The third-order valence-electron chi connectivity index (χ3n) is 11.3. The van der Waals surface area contributed by atoms with E-state index < -0.39 is 22.2 Å². The quantitative estimate of drug-likeness (QED) is 0.0603. The summed E-state index contributed by atoms with van der Waals surface area (Å²) >= 11 is 0. The van der Waals surface area contributed by atoms with Gasteiger partial charge in [-0.05, 0) is 114 Å². The minimum Gasteiger partial charge on any atom is -0.417 e. The highest BCUT2D eigenvalue weighted by Crippen LogP contribution is 2.37. The molecule has 0 spiro atoms. The third kappa shape index (κ3) is 22.1. The van der Waals surface area contributed by atoms with E-state index in [4.69, 9.17) is 8.85 Å². The van der Waals surface area contributed by atoms with Crippen molar-refractivity contribution >= 4 is 16.6 Å². The summed E-state index contributed by atoms with van der Waals surface area (Å²) in [4.78, 5) is 2.65. The molecular formula is C40H87NO3Si2. The molecule has 0 radical (unpaired) electrons. The molecule has 0 atom stereocenters. The zero-order chi connectivity index (χ0) is 35.2. The minimum atomic E-state index is -1.61. The van der Waals surface area contributed by atoms with Gasteiger partial charge in [-0.15, -0.1) is 0 Å². The van der Waals surface area contributed by atoms with Gasteiger partial charge in [0.2, 0.25) is 0 Å². The van der Waals surface area contributed by atoms with Crippen LogP contribution in [0.5, 0.6) is 0 Å². The summed E-state index contributed by atoms with van der Waals surface area (Å²) in [6.07, 6.45) is 24.1. The van der Waals surface area contributed by atoms with E-state index in [2.05, 4.69) is 86.5 Å². The fraction of sp³-hybridized carbons (Fsp3) is 1.00. The Morgan fingerprint density at radius 1 is 0.457 bits per heavy atom. The lowest BCUT2D eigenvalue weighted by molar-refractivity contribution is 0.00661. The molecule has 278 valence electrons. The Kier molecular flexibility index (Phi) is 24.6. The van der Waals surface area contributed by atoms with Gasteiger partial charge in [-0.25, -0.2) is 0 Å². The van der Waals surface area contributed by atoms with Crippen molar-refractivity contribution in [3.63, 3.8) is 0 Å². The van der Waals surface area contributed by atoms with Gasteiger partial charge in [-0.2, -0.15) is 0 Å². The molecule has 0 bridgehead atoms. The molecule has 0 aliphatic rings. The molecule has 0 unspecified atom stereocenters. The lowest BCUT2D eigenvalue weighted by Crippen LogP contribution is -2.40. The Morgan fingerprint density at radius 2 is 0.804 bits per heavy atom. The topological polar surface area (TPSA) is 41.9 Å². The summed E-state index contributed by atoms with van der Waals surface area (Å²) in [6.45, 7) is 33.4. The van der Waals surface area contributed by atoms with E-state index in [1.807, 2.05) is 0 Å². The van der Waals surface area contributed by atoms with Crippen molar-refractivity contribution in [1.29, 1.82) is 0 Å². The molecule has 0 aromatic heterocycles. The zero-order valence-electron chi connectivity index (χ0n) is 33.9. The summed E-state index contributed by atoms with van der Waals surface area (Å²) in [7, 11) is -3.22. The zero-order valence-corrected chi connectivity index (χ0v) is 35.9. The van der Waals surface area contributed by atoms with Crippen LogP contribution in [0, 0.1) is 0 Å². The first-order chi connectivity index (χ1) is 21.4. The van der Waals surface area contributed by atoms with Crippen LogP contribution in [0.4, 0.5) is 0 Å². The third-order valence-corrected chi connectivity index (χ3v) is 20.4. The number of aliphatic hydroxyl groups is 1. The molecule has 0 rings (SSSR count). The van der Waals surface area contributed by atoms with Crippen LogP contribution < -0.4 is 0 Å². The summed E-state index contributed by atoms with van der Waals surface area (Å²) in [5, 5.41) is 12.4. The van der Waals surface area contributed by atoms with Gasteiger partial charge in [-0.1, -0.05) is 126 Å². The molecule has 6 heteroatoms. The monoisotopic (exact) mass is 686 g/mol. The maximum Gasteiger partial charge on any atom is 0.191 e. The Labute approximate surface area is 293 Å². The fourth-order valence-electron chi connectivity index (χ4n) is 5.81. The van der Waals surface area contributed by atoms with E-state index in [1.165, 1.54) is 122 Å². The van der Waals surface area contributed by atoms with Crippen molar-refractivity contribution in [1.82, 2.24) is 4.90 Å². The SMILES string of the molecule is CCCCN(CCC)CCCCC(O)(CCCCCCCCO[Si](C)(C)C(C)(C)C)CCCCCCCCO[Si](C)(C)C(C)(C)C. The summed E-state index contributed by atoms with van der Waals surface area (Å²) < 4.78 is 12.7. The molecule has 0 aliphatic carbocycles. The predicted octanol–water partition coefficient (Wildman–Crippen LogP) is 12.9. The molecule has 0 amide bonds. The van der Waals surface area contributed by atoms with Gasteiger partial charge in [0.15, 0.2) is 16.6 Å². The van der Waals surface area contributed by atoms with Crippen molar-refractivity contribution in [2.75, 3.05) is 32.8 Å². The predicted molar refractivity (Wildman–Crippen MR) is 211 cm³/mol. The number of hydrogen-bond acceptors (Lipinski definition) is 4. The standard InChI is InChI=1S/C40H87NO3Si2/c1-13-15-34-41(33-14-2)35-27-26-32-40(42,30-24-20-16-18-22-28-36-43-45(9,10)38(3,4)5)31-25-21-17-19-23-29-37-44-46(11,12)39(6,7)8/h42H,13-37H2,1-12H3. The fourth-order valence-corrected chi connectivity index (χ4v) is 7.99. The van der Waals surface area contributed by atoms with Gasteiger partial charge in [0.1, 0.15) is 0 Å². The lowest BCUT2D eigenvalue weighted by atomic mass is 9.85. The van der Waals surface area contributed by atoms with E-state index >= 15 is 0 Å². The first kappa shape index (κ1) is 46.3. The molecule has 46 heavy (non-hydrogen) atoms. The second-order valence-electron chi connectivity index (χ2n) is 17.8. The number of nitrogens with zero attached hydrogens (tertiary/aromatic N) is 1. The van der Waals surface area contributed by atoms with E-state index in [-0.39, 0.29) is 0 Å². The van der Waals surface area contributed by atoms with Crippen LogP contribution in [0.15, 0.2) is 0 Å². The number of unbranched alkanes of at least 4 members (excludes halogenated alkanes) is 12. The van der Waals surface area contributed by atoms with Gasteiger partial charge in [0, 0.05) is 13.2 Å². The highest BCUT2D eigenvalue weighted by Gasteiger charge is 2.37.